The maximum absolute atomic E-state index is 12.0. The van der Waals surface area contributed by atoms with Gasteiger partial charge in [0.15, 0.2) is 0 Å². The Morgan fingerprint density at radius 1 is 1.30 bits per heavy atom. The minimum atomic E-state index is 0.0579. The van der Waals surface area contributed by atoms with Crippen molar-refractivity contribution < 1.29 is 4.79 Å². The van der Waals surface area contributed by atoms with Crippen LogP contribution in [0.2, 0.25) is 0 Å². The third-order valence-corrected chi connectivity index (χ3v) is 4.47. The molecule has 2 atom stereocenters. The third-order valence-electron chi connectivity index (χ3n) is 4.47. The van der Waals surface area contributed by atoms with Gasteiger partial charge >= 0.3 is 0 Å². The first-order valence-electron chi connectivity index (χ1n) is 7.47. The van der Waals surface area contributed by atoms with Crippen LogP contribution in [0.15, 0.2) is 24.3 Å². The van der Waals surface area contributed by atoms with Gasteiger partial charge in [0.2, 0.25) is 0 Å². The van der Waals surface area contributed by atoms with Crippen LogP contribution in [0.3, 0.4) is 0 Å². The zero-order chi connectivity index (χ0) is 14.1. The van der Waals surface area contributed by atoms with Gasteiger partial charge in [-0.3, -0.25) is 9.69 Å². The van der Waals surface area contributed by atoms with Crippen LogP contribution >= 0.6 is 0 Å². The molecule has 0 radical (unpaired) electrons. The summed E-state index contributed by atoms with van der Waals surface area (Å²) in [4.78, 5) is 16.2. The zero-order valence-corrected chi connectivity index (χ0v) is 12.3. The summed E-state index contributed by atoms with van der Waals surface area (Å²) < 4.78 is 0. The molecule has 20 heavy (non-hydrogen) atoms. The molecule has 3 rings (SSSR count). The first-order chi connectivity index (χ1) is 9.65. The largest absolute Gasteiger partial charge is 0.381 e. The molecule has 4 heteroatoms. The number of fused-ring (bicyclic) bond motifs is 1. The van der Waals surface area contributed by atoms with Gasteiger partial charge in [0.05, 0.1) is 0 Å². The number of carbonyl (C=O) groups is 1. The highest BCUT2D eigenvalue weighted by atomic mass is 16.2. The van der Waals surface area contributed by atoms with E-state index in [4.69, 9.17) is 0 Å². The summed E-state index contributed by atoms with van der Waals surface area (Å²) in [5.74, 6) is 0.0579. The molecule has 1 N–H and O–H groups in total. The van der Waals surface area contributed by atoms with Crippen molar-refractivity contribution in [3.8, 4) is 0 Å². The lowest BCUT2D eigenvalue weighted by Gasteiger charge is -2.22. The first kappa shape index (κ1) is 13.4. The lowest BCUT2D eigenvalue weighted by molar-refractivity contribution is 0.0827. The minimum absolute atomic E-state index is 0.0579. The van der Waals surface area contributed by atoms with Crippen molar-refractivity contribution >= 4 is 11.6 Å². The van der Waals surface area contributed by atoms with E-state index in [2.05, 4.69) is 16.3 Å². The molecule has 2 aliphatic rings. The number of rotatable bonds is 3. The van der Waals surface area contributed by atoms with E-state index in [0.29, 0.717) is 12.1 Å². The van der Waals surface area contributed by atoms with E-state index in [9.17, 15) is 4.79 Å². The highest BCUT2D eigenvalue weighted by Gasteiger charge is 2.36. The maximum Gasteiger partial charge on any atom is 0.253 e. The maximum atomic E-state index is 12.0. The molecule has 2 unspecified atom stereocenters. The number of nitrogens with one attached hydrogen (secondary N) is 1. The van der Waals surface area contributed by atoms with Crippen molar-refractivity contribution in [2.24, 2.45) is 0 Å². The lowest BCUT2D eigenvalue weighted by Crippen LogP contribution is -2.33. The number of carbonyl (C=O) groups excluding carboxylic acids is 1. The zero-order valence-electron chi connectivity index (χ0n) is 12.3. The Morgan fingerprint density at radius 3 is 2.95 bits per heavy atom. The summed E-state index contributed by atoms with van der Waals surface area (Å²) in [6, 6.07) is 9.08. The number of benzene rings is 1. The Kier molecular flexibility index (Phi) is 3.66. The van der Waals surface area contributed by atoms with Crippen LogP contribution in [0.5, 0.6) is 0 Å². The number of hydrogen-bond acceptors (Lipinski definition) is 3. The summed E-state index contributed by atoms with van der Waals surface area (Å²) in [6.45, 7) is 2.46. The van der Waals surface area contributed by atoms with E-state index in [1.54, 1.807) is 19.0 Å². The lowest BCUT2D eigenvalue weighted by atomic mass is 10.1. The van der Waals surface area contributed by atoms with Gasteiger partial charge in [0, 0.05) is 44.0 Å². The van der Waals surface area contributed by atoms with Crippen LogP contribution in [0, 0.1) is 0 Å². The van der Waals surface area contributed by atoms with Crippen LogP contribution in [0.4, 0.5) is 5.69 Å². The average Bonchev–Trinajstić information content (AvgIpc) is 3.03. The third kappa shape index (κ3) is 2.52. The molecule has 108 valence electrons. The Hall–Kier alpha value is -1.55. The minimum Gasteiger partial charge on any atom is -0.381 e. The van der Waals surface area contributed by atoms with Gasteiger partial charge in [-0.1, -0.05) is 6.07 Å². The van der Waals surface area contributed by atoms with E-state index in [1.807, 2.05) is 18.2 Å². The molecule has 0 aromatic heterocycles. The van der Waals surface area contributed by atoms with E-state index >= 15 is 0 Å². The molecule has 4 nitrogen and oxygen atoms in total. The van der Waals surface area contributed by atoms with Crippen molar-refractivity contribution in [3.63, 3.8) is 0 Å². The molecular weight excluding hydrogens is 250 g/mol. The molecule has 1 amide bonds. The molecule has 2 saturated heterocycles. The molecule has 1 aromatic carbocycles. The molecular formula is C16H23N3O. The van der Waals surface area contributed by atoms with Crippen LogP contribution in [0.25, 0.3) is 0 Å². The highest BCUT2D eigenvalue weighted by molar-refractivity contribution is 5.94. The summed E-state index contributed by atoms with van der Waals surface area (Å²) >= 11 is 0. The normalized spacial score (nSPS) is 25.5. The fourth-order valence-corrected chi connectivity index (χ4v) is 3.47. The van der Waals surface area contributed by atoms with Gasteiger partial charge < -0.3 is 10.2 Å². The molecule has 2 fully saturated rings. The number of anilines is 1. The molecule has 0 spiro atoms. The molecule has 2 aliphatic heterocycles. The second-order valence-electron chi connectivity index (χ2n) is 6.07. The number of hydrogen-bond donors (Lipinski definition) is 1. The SMILES string of the molecule is CN(C)C(=O)c1cccc(NC2CCN3CCCC23)c1. The Bertz CT molecular complexity index is 500. The van der Waals surface area contributed by atoms with E-state index in [-0.39, 0.29) is 5.91 Å². The van der Waals surface area contributed by atoms with E-state index in [0.717, 1.165) is 11.3 Å². The smallest absolute Gasteiger partial charge is 0.253 e. The summed E-state index contributed by atoms with van der Waals surface area (Å²) in [6.07, 6.45) is 3.83. The summed E-state index contributed by atoms with van der Waals surface area (Å²) in [5, 5.41) is 3.63. The van der Waals surface area contributed by atoms with E-state index in [1.165, 1.54) is 32.4 Å². The van der Waals surface area contributed by atoms with Gasteiger partial charge in [0.25, 0.3) is 5.91 Å². The molecule has 0 bridgehead atoms. The van der Waals surface area contributed by atoms with Crippen molar-refractivity contribution in [2.45, 2.75) is 31.3 Å². The van der Waals surface area contributed by atoms with Gasteiger partial charge in [-0.05, 0) is 44.0 Å². The average molecular weight is 273 g/mol. The van der Waals surface area contributed by atoms with Crippen molar-refractivity contribution in [1.82, 2.24) is 9.80 Å². The van der Waals surface area contributed by atoms with Gasteiger partial charge in [-0.15, -0.1) is 0 Å². The molecule has 2 heterocycles. The van der Waals surface area contributed by atoms with Crippen LogP contribution < -0.4 is 5.32 Å². The van der Waals surface area contributed by atoms with Gasteiger partial charge in [-0.25, -0.2) is 0 Å². The quantitative estimate of drug-likeness (QED) is 0.915. The second-order valence-corrected chi connectivity index (χ2v) is 6.07. The van der Waals surface area contributed by atoms with E-state index < -0.39 is 0 Å². The predicted octanol–water partition coefficient (Wildman–Crippen LogP) is 2.04. The van der Waals surface area contributed by atoms with Crippen LogP contribution in [-0.2, 0) is 0 Å². The topological polar surface area (TPSA) is 35.6 Å². The van der Waals surface area contributed by atoms with Crippen molar-refractivity contribution in [1.29, 1.82) is 0 Å². The highest BCUT2D eigenvalue weighted by Crippen LogP contribution is 2.30. The monoisotopic (exact) mass is 273 g/mol. The van der Waals surface area contributed by atoms with Crippen LogP contribution in [0.1, 0.15) is 29.6 Å². The Labute approximate surface area is 120 Å². The Balaban J connectivity index is 1.71. The first-order valence-corrected chi connectivity index (χ1v) is 7.47. The predicted molar refractivity (Wildman–Crippen MR) is 81.1 cm³/mol. The van der Waals surface area contributed by atoms with Crippen LogP contribution in [-0.4, -0.2) is 55.0 Å². The standard InChI is InChI=1S/C16H23N3O/c1-18(2)16(20)12-5-3-6-13(11-12)17-14-8-10-19-9-4-7-15(14)19/h3,5-6,11,14-15,17H,4,7-10H2,1-2H3. The number of amides is 1. The number of nitrogens with zero attached hydrogens (tertiary/aromatic N) is 2. The van der Waals surface area contributed by atoms with Gasteiger partial charge in [-0.2, -0.15) is 0 Å². The molecule has 1 aromatic rings. The van der Waals surface area contributed by atoms with Crippen molar-refractivity contribution in [2.75, 3.05) is 32.5 Å². The summed E-state index contributed by atoms with van der Waals surface area (Å²) in [5.41, 5.74) is 1.82. The summed E-state index contributed by atoms with van der Waals surface area (Å²) in [7, 11) is 3.58. The molecule has 0 saturated carbocycles. The van der Waals surface area contributed by atoms with Crippen molar-refractivity contribution in [3.05, 3.63) is 29.8 Å². The second kappa shape index (κ2) is 5.44. The fraction of sp³-hybridized carbons (Fsp3) is 0.562. The Morgan fingerprint density at radius 2 is 2.15 bits per heavy atom. The fourth-order valence-electron chi connectivity index (χ4n) is 3.47. The molecule has 0 aliphatic carbocycles. The van der Waals surface area contributed by atoms with Gasteiger partial charge in [0.1, 0.15) is 0 Å².